The molecular weight excluding hydrogens is 296 g/mol. The largest absolute Gasteiger partial charge is 0.481 e. The predicted molar refractivity (Wildman–Crippen MR) is 71.2 cm³/mol. The van der Waals surface area contributed by atoms with Crippen molar-refractivity contribution in [2.45, 2.75) is 13.3 Å². The predicted octanol–water partition coefficient (Wildman–Crippen LogP) is 2.84. The molecule has 0 aliphatic carbocycles. The molecule has 0 saturated carbocycles. The van der Waals surface area contributed by atoms with Crippen LogP contribution in [0.15, 0.2) is 34.9 Å². The molecule has 0 unspecified atom stereocenters. The van der Waals surface area contributed by atoms with Gasteiger partial charge in [-0.25, -0.2) is 9.97 Å². The number of aryl methyl sites for hydroxylation is 1. The maximum absolute atomic E-state index is 10.8. The SMILES string of the molecule is Cc1ncc(CC(=O)O)c(-c2ccc(Br)cc2)n1. The Morgan fingerprint density at radius 3 is 2.61 bits per heavy atom. The first-order chi connectivity index (χ1) is 8.56. The second-order valence-corrected chi connectivity index (χ2v) is 4.78. The Bertz CT molecular complexity index is 582. The lowest BCUT2D eigenvalue weighted by Gasteiger charge is -2.07. The number of nitrogens with zero attached hydrogens (tertiary/aromatic N) is 2. The van der Waals surface area contributed by atoms with Gasteiger partial charge < -0.3 is 5.11 Å². The Morgan fingerprint density at radius 1 is 1.33 bits per heavy atom. The van der Waals surface area contributed by atoms with Crippen LogP contribution in [0.4, 0.5) is 0 Å². The average molecular weight is 307 g/mol. The molecule has 2 aromatic rings. The summed E-state index contributed by atoms with van der Waals surface area (Å²) in [5.41, 5.74) is 2.19. The number of halogens is 1. The highest BCUT2D eigenvalue weighted by molar-refractivity contribution is 9.10. The van der Waals surface area contributed by atoms with E-state index >= 15 is 0 Å². The number of carboxylic acids is 1. The van der Waals surface area contributed by atoms with Gasteiger partial charge in [0.1, 0.15) is 5.82 Å². The second kappa shape index (κ2) is 5.27. The van der Waals surface area contributed by atoms with E-state index in [1.165, 1.54) is 0 Å². The van der Waals surface area contributed by atoms with E-state index in [0.29, 0.717) is 17.1 Å². The van der Waals surface area contributed by atoms with E-state index in [4.69, 9.17) is 5.11 Å². The monoisotopic (exact) mass is 306 g/mol. The van der Waals surface area contributed by atoms with Crippen LogP contribution in [0.5, 0.6) is 0 Å². The highest BCUT2D eigenvalue weighted by atomic mass is 79.9. The summed E-state index contributed by atoms with van der Waals surface area (Å²) in [6.45, 7) is 1.78. The molecule has 92 valence electrons. The van der Waals surface area contributed by atoms with Crippen LogP contribution in [0.1, 0.15) is 11.4 Å². The first-order valence-electron chi connectivity index (χ1n) is 5.36. The molecule has 0 aliphatic heterocycles. The molecule has 0 spiro atoms. The van der Waals surface area contributed by atoms with Gasteiger partial charge in [-0.1, -0.05) is 28.1 Å². The van der Waals surface area contributed by atoms with Gasteiger partial charge in [-0.2, -0.15) is 0 Å². The van der Waals surface area contributed by atoms with Crippen molar-refractivity contribution in [2.24, 2.45) is 0 Å². The topological polar surface area (TPSA) is 63.1 Å². The Morgan fingerprint density at radius 2 is 2.00 bits per heavy atom. The van der Waals surface area contributed by atoms with Crippen LogP contribution < -0.4 is 0 Å². The summed E-state index contributed by atoms with van der Waals surface area (Å²) >= 11 is 3.36. The third-order valence-electron chi connectivity index (χ3n) is 2.44. The highest BCUT2D eigenvalue weighted by Crippen LogP contribution is 2.23. The Kier molecular flexibility index (Phi) is 3.72. The molecule has 1 heterocycles. The number of rotatable bonds is 3. The van der Waals surface area contributed by atoms with E-state index in [9.17, 15) is 4.79 Å². The van der Waals surface area contributed by atoms with Gasteiger partial charge in [0.05, 0.1) is 12.1 Å². The molecule has 0 aliphatic rings. The number of carbonyl (C=O) groups is 1. The lowest BCUT2D eigenvalue weighted by molar-refractivity contribution is -0.136. The second-order valence-electron chi connectivity index (χ2n) is 3.87. The van der Waals surface area contributed by atoms with Gasteiger partial charge in [0.2, 0.25) is 0 Å². The summed E-state index contributed by atoms with van der Waals surface area (Å²) in [5, 5.41) is 8.89. The molecule has 2 rings (SSSR count). The van der Waals surface area contributed by atoms with E-state index in [1.54, 1.807) is 13.1 Å². The van der Waals surface area contributed by atoms with E-state index in [1.807, 2.05) is 24.3 Å². The van der Waals surface area contributed by atoms with Crippen molar-refractivity contribution in [3.63, 3.8) is 0 Å². The van der Waals surface area contributed by atoms with Gasteiger partial charge in [-0.15, -0.1) is 0 Å². The third-order valence-corrected chi connectivity index (χ3v) is 2.97. The first-order valence-corrected chi connectivity index (χ1v) is 6.16. The summed E-state index contributed by atoms with van der Waals surface area (Å²) in [6, 6.07) is 7.60. The van der Waals surface area contributed by atoms with E-state index in [2.05, 4.69) is 25.9 Å². The fourth-order valence-corrected chi connectivity index (χ4v) is 1.91. The van der Waals surface area contributed by atoms with Gasteiger partial charge >= 0.3 is 5.97 Å². The number of hydrogen-bond acceptors (Lipinski definition) is 3. The number of carboxylic acid groups (broad SMARTS) is 1. The van der Waals surface area contributed by atoms with Crippen molar-refractivity contribution in [2.75, 3.05) is 0 Å². The minimum absolute atomic E-state index is 0.0777. The summed E-state index contributed by atoms with van der Waals surface area (Å²) in [6.07, 6.45) is 1.50. The number of aliphatic carboxylic acids is 1. The van der Waals surface area contributed by atoms with Crippen LogP contribution >= 0.6 is 15.9 Å². The van der Waals surface area contributed by atoms with Gasteiger partial charge in [-0.3, -0.25) is 4.79 Å². The fourth-order valence-electron chi connectivity index (χ4n) is 1.64. The molecule has 0 saturated heterocycles. The maximum Gasteiger partial charge on any atom is 0.307 e. The Balaban J connectivity index is 2.50. The average Bonchev–Trinajstić information content (AvgIpc) is 2.32. The van der Waals surface area contributed by atoms with Crippen LogP contribution in [0.25, 0.3) is 11.3 Å². The minimum atomic E-state index is -0.888. The molecule has 1 aromatic carbocycles. The lowest BCUT2D eigenvalue weighted by Crippen LogP contribution is -2.05. The van der Waals surface area contributed by atoms with Gasteiger partial charge in [0.25, 0.3) is 0 Å². The maximum atomic E-state index is 10.8. The summed E-state index contributed by atoms with van der Waals surface area (Å²) < 4.78 is 0.969. The Hall–Kier alpha value is -1.75. The molecule has 18 heavy (non-hydrogen) atoms. The fraction of sp³-hybridized carbons (Fsp3) is 0.154. The van der Waals surface area contributed by atoms with Crippen molar-refractivity contribution in [1.29, 1.82) is 0 Å². The summed E-state index contributed by atoms with van der Waals surface area (Å²) in [5.74, 6) is -0.261. The van der Waals surface area contributed by atoms with Gasteiger partial charge in [0.15, 0.2) is 0 Å². The Labute approximate surface area is 113 Å². The van der Waals surface area contributed by atoms with Crippen molar-refractivity contribution in [3.05, 3.63) is 46.3 Å². The van der Waals surface area contributed by atoms with Gasteiger partial charge in [-0.05, 0) is 19.1 Å². The van der Waals surface area contributed by atoms with Crippen molar-refractivity contribution in [1.82, 2.24) is 9.97 Å². The molecule has 1 aromatic heterocycles. The molecule has 0 amide bonds. The smallest absolute Gasteiger partial charge is 0.307 e. The molecule has 0 bridgehead atoms. The highest BCUT2D eigenvalue weighted by Gasteiger charge is 2.11. The normalized spacial score (nSPS) is 10.3. The molecule has 0 radical (unpaired) electrons. The van der Waals surface area contributed by atoms with Crippen molar-refractivity contribution < 1.29 is 9.90 Å². The molecule has 5 heteroatoms. The third kappa shape index (κ3) is 2.92. The van der Waals surface area contributed by atoms with Gasteiger partial charge in [0, 0.05) is 21.8 Å². The van der Waals surface area contributed by atoms with Crippen LogP contribution in [0.3, 0.4) is 0 Å². The minimum Gasteiger partial charge on any atom is -0.481 e. The quantitative estimate of drug-likeness (QED) is 0.947. The van der Waals surface area contributed by atoms with Crippen LogP contribution in [-0.4, -0.2) is 21.0 Å². The summed E-state index contributed by atoms with van der Waals surface area (Å²) in [4.78, 5) is 19.2. The molecule has 1 N–H and O–H groups in total. The molecule has 0 atom stereocenters. The van der Waals surface area contributed by atoms with Crippen LogP contribution in [0.2, 0.25) is 0 Å². The molecule has 4 nitrogen and oxygen atoms in total. The number of hydrogen-bond donors (Lipinski definition) is 1. The molecule has 0 fully saturated rings. The first kappa shape index (κ1) is 12.7. The zero-order valence-corrected chi connectivity index (χ0v) is 11.3. The van der Waals surface area contributed by atoms with E-state index < -0.39 is 5.97 Å². The number of benzene rings is 1. The van der Waals surface area contributed by atoms with Crippen LogP contribution in [-0.2, 0) is 11.2 Å². The number of aromatic nitrogens is 2. The molecular formula is C13H11BrN2O2. The standard InChI is InChI=1S/C13H11BrN2O2/c1-8-15-7-10(6-12(17)18)13(16-8)9-2-4-11(14)5-3-9/h2-5,7H,6H2,1H3,(H,17,18). The zero-order valence-electron chi connectivity index (χ0n) is 9.72. The van der Waals surface area contributed by atoms with Crippen molar-refractivity contribution >= 4 is 21.9 Å². The van der Waals surface area contributed by atoms with E-state index in [-0.39, 0.29) is 6.42 Å². The zero-order chi connectivity index (χ0) is 13.1. The summed E-state index contributed by atoms with van der Waals surface area (Å²) in [7, 11) is 0. The van der Waals surface area contributed by atoms with Crippen molar-refractivity contribution in [3.8, 4) is 11.3 Å². The lowest BCUT2D eigenvalue weighted by atomic mass is 10.1. The van der Waals surface area contributed by atoms with E-state index in [0.717, 1.165) is 10.0 Å². The van der Waals surface area contributed by atoms with Crippen LogP contribution in [0, 0.1) is 6.92 Å².